The van der Waals surface area contributed by atoms with Crippen molar-refractivity contribution >= 4 is 5.97 Å². The number of rotatable bonds is 8. The number of carbonyl (C=O) groups is 1. The van der Waals surface area contributed by atoms with Crippen molar-refractivity contribution in [2.45, 2.75) is 0 Å². The minimum absolute atomic E-state index is 0.000468. The second kappa shape index (κ2) is 8.51. The lowest BCUT2D eigenvalue weighted by Gasteiger charge is -2.19. The largest absolute Gasteiger partial charge is 0.461 e. The molecule has 0 unspecified atom stereocenters. The van der Waals surface area contributed by atoms with Gasteiger partial charge in [-0.3, -0.25) is 4.90 Å². The van der Waals surface area contributed by atoms with Gasteiger partial charge in [-0.2, -0.15) is 0 Å². The Bertz CT molecular complexity index is 341. The average Bonchev–Trinajstić information content (AvgIpc) is 2.40. The predicted molar refractivity (Wildman–Crippen MR) is 62.9 cm³/mol. The first-order valence-corrected chi connectivity index (χ1v) is 5.64. The number of aliphatic hydroxyl groups is 2. The number of esters is 1. The number of aromatic nitrogens is 2. The molecule has 0 radical (unpaired) electrons. The molecule has 0 atom stereocenters. The van der Waals surface area contributed by atoms with Crippen LogP contribution in [0.2, 0.25) is 0 Å². The fraction of sp³-hybridized carbons (Fsp3) is 0.545. The van der Waals surface area contributed by atoms with Gasteiger partial charge in [0, 0.05) is 32.0 Å². The second-order valence-electron chi connectivity index (χ2n) is 3.55. The number of aliphatic hydroxyl groups excluding tert-OH is 2. The molecule has 0 amide bonds. The lowest BCUT2D eigenvalue weighted by Crippen LogP contribution is -2.33. The summed E-state index contributed by atoms with van der Waals surface area (Å²) in [5.41, 5.74) is 0.299. The van der Waals surface area contributed by atoms with Gasteiger partial charge in [-0.1, -0.05) is 0 Å². The number of hydrogen-bond donors (Lipinski definition) is 2. The molecule has 1 heterocycles. The maximum Gasteiger partial charge on any atom is 0.341 e. The molecule has 18 heavy (non-hydrogen) atoms. The van der Waals surface area contributed by atoms with Crippen LogP contribution in [0.3, 0.4) is 0 Å². The SMILES string of the molecule is O=C(OCCN(CCO)CCO)c1cncnc1. The first-order chi connectivity index (χ1) is 8.77. The van der Waals surface area contributed by atoms with E-state index in [0.717, 1.165) is 0 Å². The third kappa shape index (κ3) is 5.17. The van der Waals surface area contributed by atoms with Gasteiger partial charge in [0.1, 0.15) is 12.9 Å². The van der Waals surface area contributed by atoms with E-state index in [-0.39, 0.29) is 19.8 Å². The highest BCUT2D eigenvalue weighted by atomic mass is 16.5. The Morgan fingerprint density at radius 2 is 1.78 bits per heavy atom. The van der Waals surface area contributed by atoms with E-state index >= 15 is 0 Å². The molecule has 1 aromatic heterocycles. The Hall–Kier alpha value is -1.57. The van der Waals surface area contributed by atoms with E-state index in [1.54, 1.807) is 4.90 Å². The normalized spacial score (nSPS) is 10.6. The fourth-order valence-corrected chi connectivity index (χ4v) is 1.37. The highest BCUT2D eigenvalue weighted by Gasteiger charge is 2.09. The quantitative estimate of drug-likeness (QED) is 0.570. The molecule has 0 aliphatic carbocycles. The minimum Gasteiger partial charge on any atom is -0.461 e. The summed E-state index contributed by atoms with van der Waals surface area (Å²) in [4.78, 5) is 20.8. The molecule has 0 saturated heterocycles. The van der Waals surface area contributed by atoms with Crippen LogP contribution in [0.5, 0.6) is 0 Å². The number of nitrogens with zero attached hydrogens (tertiary/aromatic N) is 3. The summed E-state index contributed by atoms with van der Waals surface area (Å²) in [5, 5.41) is 17.6. The highest BCUT2D eigenvalue weighted by Crippen LogP contribution is 1.97. The molecular weight excluding hydrogens is 238 g/mol. The van der Waals surface area contributed by atoms with Crippen molar-refractivity contribution in [1.29, 1.82) is 0 Å². The molecular formula is C11H17N3O4. The summed E-state index contributed by atoms with van der Waals surface area (Å²) >= 11 is 0. The van der Waals surface area contributed by atoms with Crippen LogP contribution in [0, 0.1) is 0 Å². The van der Waals surface area contributed by atoms with E-state index in [2.05, 4.69) is 9.97 Å². The van der Waals surface area contributed by atoms with E-state index in [1.165, 1.54) is 18.7 Å². The molecule has 0 aromatic carbocycles. The molecule has 0 fully saturated rings. The average molecular weight is 255 g/mol. The Labute approximate surface area is 105 Å². The summed E-state index contributed by atoms with van der Waals surface area (Å²) in [6.45, 7) is 1.52. The summed E-state index contributed by atoms with van der Waals surface area (Å²) in [6.07, 6.45) is 4.10. The lowest BCUT2D eigenvalue weighted by molar-refractivity contribution is 0.0442. The summed E-state index contributed by atoms with van der Waals surface area (Å²) < 4.78 is 5.03. The first kappa shape index (κ1) is 14.5. The lowest BCUT2D eigenvalue weighted by atomic mass is 10.3. The third-order valence-corrected chi connectivity index (χ3v) is 2.27. The van der Waals surface area contributed by atoms with Crippen molar-refractivity contribution in [1.82, 2.24) is 14.9 Å². The molecule has 0 spiro atoms. The van der Waals surface area contributed by atoms with E-state index in [9.17, 15) is 4.79 Å². The van der Waals surface area contributed by atoms with E-state index in [1.807, 2.05) is 0 Å². The van der Waals surface area contributed by atoms with Gasteiger partial charge in [-0.15, -0.1) is 0 Å². The van der Waals surface area contributed by atoms with Gasteiger partial charge in [0.05, 0.1) is 18.8 Å². The number of carbonyl (C=O) groups excluding carboxylic acids is 1. The molecule has 2 N–H and O–H groups in total. The van der Waals surface area contributed by atoms with Gasteiger partial charge in [0.2, 0.25) is 0 Å². The second-order valence-corrected chi connectivity index (χ2v) is 3.55. The van der Waals surface area contributed by atoms with Crippen LogP contribution >= 0.6 is 0 Å². The highest BCUT2D eigenvalue weighted by molar-refractivity contribution is 5.88. The smallest absolute Gasteiger partial charge is 0.341 e. The van der Waals surface area contributed by atoms with Gasteiger partial charge in [-0.25, -0.2) is 14.8 Å². The van der Waals surface area contributed by atoms with Crippen LogP contribution in [-0.4, -0.2) is 70.5 Å². The van der Waals surface area contributed by atoms with Crippen LogP contribution in [0.4, 0.5) is 0 Å². The Kier molecular flexibility index (Phi) is 6.85. The van der Waals surface area contributed by atoms with E-state index < -0.39 is 5.97 Å². The van der Waals surface area contributed by atoms with Crippen LogP contribution in [0.15, 0.2) is 18.7 Å². The zero-order chi connectivity index (χ0) is 13.2. The molecule has 0 saturated carbocycles. The maximum absolute atomic E-state index is 11.5. The van der Waals surface area contributed by atoms with Gasteiger partial charge >= 0.3 is 5.97 Å². The molecule has 1 aromatic rings. The van der Waals surface area contributed by atoms with Crippen LogP contribution in [0.25, 0.3) is 0 Å². The Morgan fingerprint density at radius 1 is 1.17 bits per heavy atom. The zero-order valence-electron chi connectivity index (χ0n) is 10.0. The van der Waals surface area contributed by atoms with Crippen LogP contribution in [0.1, 0.15) is 10.4 Å². The van der Waals surface area contributed by atoms with Gasteiger partial charge in [0.15, 0.2) is 0 Å². The first-order valence-electron chi connectivity index (χ1n) is 5.64. The zero-order valence-corrected chi connectivity index (χ0v) is 10.0. The van der Waals surface area contributed by atoms with Crippen molar-refractivity contribution in [3.63, 3.8) is 0 Å². The Morgan fingerprint density at radius 3 is 2.33 bits per heavy atom. The van der Waals surface area contributed by atoms with E-state index in [4.69, 9.17) is 14.9 Å². The third-order valence-electron chi connectivity index (χ3n) is 2.27. The molecule has 0 bridgehead atoms. The monoisotopic (exact) mass is 255 g/mol. The predicted octanol–water partition coefficient (Wildman–Crippen LogP) is -1.08. The van der Waals surface area contributed by atoms with Gasteiger partial charge in [0.25, 0.3) is 0 Å². The molecule has 100 valence electrons. The summed E-state index contributed by atoms with van der Waals surface area (Å²) in [7, 11) is 0. The maximum atomic E-state index is 11.5. The molecule has 7 nitrogen and oxygen atoms in total. The number of ether oxygens (including phenoxy) is 1. The standard InChI is InChI=1S/C11H17N3O4/c15-4-1-14(2-5-16)3-6-18-11(17)10-7-12-9-13-8-10/h7-9,15-16H,1-6H2. The van der Waals surface area contributed by atoms with Crippen LogP contribution < -0.4 is 0 Å². The Balaban J connectivity index is 2.30. The topological polar surface area (TPSA) is 95.8 Å². The fourth-order valence-electron chi connectivity index (χ4n) is 1.37. The van der Waals surface area contributed by atoms with Crippen molar-refractivity contribution < 1.29 is 19.7 Å². The molecule has 1 rings (SSSR count). The van der Waals surface area contributed by atoms with Gasteiger partial charge in [-0.05, 0) is 0 Å². The van der Waals surface area contributed by atoms with E-state index in [0.29, 0.717) is 25.2 Å². The van der Waals surface area contributed by atoms with Crippen LogP contribution in [-0.2, 0) is 4.74 Å². The van der Waals surface area contributed by atoms with Crippen molar-refractivity contribution in [2.24, 2.45) is 0 Å². The molecule has 0 aliphatic heterocycles. The minimum atomic E-state index is -0.483. The van der Waals surface area contributed by atoms with Gasteiger partial charge < -0.3 is 14.9 Å². The van der Waals surface area contributed by atoms with Crippen molar-refractivity contribution in [3.8, 4) is 0 Å². The van der Waals surface area contributed by atoms with Crippen molar-refractivity contribution in [2.75, 3.05) is 39.5 Å². The molecule has 7 heteroatoms. The summed E-state index contributed by atoms with van der Waals surface area (Å²) in [6, 6.07) is 0. The molecule has 0 aliphatic rings. The number of hydrogen-bond acceptors (Lipinski definition) is 7. The summed E-state index contributed by atoms with van der Waals surface area (Å²) in [5.74, 6) is -0.483. The van der Waals surface area contributed by atoms with Crippen molar-refractivity contribution in [3.05, 3.63) is 24.3 Å².